The Morgan fingerprint density at radius 2 is 2.10 bits per heavy atom. The van der Waals surface area contributed by atoms with E-state index in [1.807, 2.05) is 0 Å². The van der Waals surface area contributed by atoms with Gasteiger partial charge in [-0.2, -0.15) is 0 Å². The van der Waals surface area contributed by atoms with Crippen LogP contribution in [0, 0.1) is 0 Å². The van der Waals surface area contributed by atoms with E-state index in [2.05, 4.69) is 4.72 Å². The van der Waals surface area contributed by atoms with Crippen LogP contribution < -0.4 is 9.46 Å². The zero-order valence-electron chi connectivity index (χ0n) is 11.0. The fraction of sp³-hybridized carbons (Fsp3) is 0.417. The number of hydrogen-bond donors (Lipinski definition) is 3. The van der Waals surface area contributed by atoms with Crippen LogP contribution in [-0.4, -0.2) is 37.0 Å². The highest BCUT2D eigenvalue weighted by molar-refractivity contribution is 7.92. The Bertz CT molecular complexity index is 569. The first-order valence-electron chi connectivity index (χ1n) is 5.97. The number of carbonyl (C=O) groups is 1. The van der Waals surface area contributed by atoms with Crippen molar-refractivity contribution in [1.29, 1.82) is 0 Å². The van der Waals surface area contributed by atoms with Gasteiger partial charge < -0.3 is 14.9 Å². The van der Waals surface area contributed by atoms with Crippen molar-refractivity contribution >= 4 is 21.7 Å². The van der Waals surface area contributed by atoms with Crippen LogP contribution >= 0.6 is 0 Å². The maximum Gasteiger partial charge on any atom is 0.304 e. The van der Waals surface area contributed by atoms with Crippen LogP contribution in [0.3, 0.4) is 0 Å². The van der Waals surface area contributed by atoms with Crippen LogP contribution in [0.5, 0.6) is 5.75 Å². The molecule has 7 nitrogen and oxygen atoms in total. The lowest BCUT2D eigenvalue weighted by Gasteiger charge is -2.12. The molecule has 0 amide bonds. The summed E-state index contributed by atoms with van der Waals surface area (Å²) in [4.78, 5) is 10.4. The van der Waals surface area contributed by atoms with E-state index in [1.54, 1.807) is 13.0 Å². The summed E-state index contributed by atoms with van der Waals surface area (Å²) in [5.74, 6) is -1.22. The molecule has 0 saturated carbocycles. The molecular weight excluding hydrogens is 286 g/mol. The SMILES string of the molecule is CCOc1ccc(NS(=O)(=O)CCC(=O)O)cc1CO. The summed E-state index contributed by atoms with van der Waals surface area (Å²) in [6.45, 7) is 1.93. The Balaban J connectivity index is 2.85. The summed E-state index contributed by atoms with van der Waals surface area (Å²) in [7, 11) is -3.73. The molecule has 0 saturated heterocycles. The second kappa shape index (κ2) is 7.11. The van der Waals surface area contributed by atoms with Crippen LogP contribution in [0.4, 0.5) is 5.69 Å². The highest BCUT2D eigenvalue weighted by Crippen LogP contribution is 2.23. The topological polar surface area (TPSA) is 113 Å². The van der Waals surface area contributed by atoms with Crippen LogP contribution in [0.25, 0.3) is 0 Å². The number of aliphatic hydroxyl groups is 1. The molecule has 0 aromatic heterocycles. The molecule has 0 unspecified atom stereocenters. The van der Waals surface area contributed by atoms with E-state index < -0.39 is 28.2 Å². The number of aliphatic carboxylic acids is 1. The van der Waals surface area contributed by atoms with Crippen molar-refractivity contribution in [1.82, 2.24) is 0 Å². The normalized spacial score (nSPS) is 11.1. The van der Waals surface area contributed by atoms with Gasteiger partial charge in [0, 0.05) is 11.3 Å². The van der Waals surface area contributed by atoms with Crippen molar-refractivity contribution in [2.75, 3.05) is 17.1 Å². The van der Waals surface area contributed by atoms with Crippen LogP contribution in [0.1, 0.15) is 18.9 Å². The third-order valence-electron chi connectivity index (χ3n) is 2.39. The van der Waals surface area contributed by atoms with Gasteiger partial charge in [-0.05, 0) is 25.1 Å². The maximum absolute atomic E-state index is 11.6. The number of hydrogen-bond acceptors (Lipinski definition) is 5. The van der Waals surface area contributed by atoms with Gasteiger partial charge >= 0.3 is 5.97 Å². The van der Waals surface area contributed by atoms with E-state index in [0.717, 1.165) is 0 Å². The van der Waals surface area contributed by atoms with Crippen molar-refractivity contribution in [2.45, 2.75) is 20.0 Å². The molecule has 1 aromatic carbocycles. The van der Waals surface area contributed by atoms with Gasteiger partial charge in [-0.25, -0.2) is 8.42 Å². The van der Waals surface area contributed by atoms with Crippen LogP contribution in [-0.2, 0) is 21.4 Å². The Kier molecular flexibility index (Phi) is 5.78. The summed E-state index contributed by atoms with van der Waals surface area (Å²) in [6, 6.07) is 4.48. The lowest BCUT2D eigenvalue weighted by molar-refractivity contribution is -0.136. The summed E-state index contributed by atoms with van der Waals surface area (Å²) < 4.78 is 30.8. The molecule has 0 fully saturated rings. The molecule has 0 aliphatic carbocycles. The molecular formula is C12H17NO6S. The summed E-state index contributed by atoms with van der Waals surface area (Å²) >= 11 is 0. The number of ether oxygens (including phenoxy) is 1. The molecule has 0 aliphatic rings. The first kappa shape index (κ1) is 16.3. The zero-order chi connectivity index (χ0) is 15.2. The summed E-state index contributed by atoms with van der Waals surface area (Å²) in [6.07, 6.45) is -0.473. The van der Waals surface area contributed by atoms with Gasteiger partial charge in [0.1, 0.15) is 5.75 Å². The molecule has 0 spiro atoms. The average Bonchev–Trinajstić information content (AvgIpc) is 2.38. The lowest BCUT2D eigenvalue weighted by Crippen LogP contribution is -2.19. The molecule has 20 heavy (non-hydrogen) atoms. The number of nitrogens with one attached hydrogen (secondary N) is 1. The van der Waals surface area contributed by atoms with Gasteiger partial charge in [-0.3, -0.25) is 9.52 Å². The first-order chi connectivity index (χ1) is 9.38. The Morgan fingerprint density at radius 1 is 1.40 bits per heavy atom. The molecule has 0 radical (unpaired) electrons. The minimum absolute atomic E-state index is 0.253. The summed E-state index contributed by atoms with van der Waals surface area (Å²) in [5.41, 5.74) is 0.702. The monoisotopic (exact) mass is 303 g/mol. The fourth-order valence-corrected chi connectivity index (χ4v) is 2.55. The van der Waals surface area contributed by atoms with E-state index in [-0.39, 0.29) is 12.3 Å². The Hall–Kier alpha value is -1.80. The van der Waals surface area contributed by atoms with Crippen molar-refractivity contribution in [3.63, 3.8) is 0 Å². The predicted molar refractivity (Wildman–Crippen MR) is 73.2 cm³/mol. The minimum atomic E-state index is -3.73. The molecule has 0 atom stereocenters. The molecule has 3 N–H and O–H groups in total. The van der Waals surface area contributed by atoms with E-state index in [1.165, 1.54) is 12.1 Å². The molecule has 112 valence electrons. The third-order valence-corrected chi connectivity index (χ3v) is 3.68. The van der Waals surface area contributed by atoms with Gasteiger partial charge in [0.05, 0.1) is 25.4 Å². The number of sulfonamides is 1. The van der Waals surface area contributed by atoms with Crippen molar-refractivity contribution < 1.29 is 28.2 Å². The van der Waals surface area contributed by atoms with Crippen molar-refractivity contribution in [3.8, 4) is 5.75 Å². The Morgan fingerprint density at radius 3 is 2.65 bits per heavy atom. The van der Waals surface area contributed by atoms with Gasteiger partial charge in [0.15, 0.2) is 0 Å². The standard InChI is InChI=1S/C12H17NO6S/c1-2-19-11-4-3-10(7-9(11)8-14)13-20(17,18)6-5-12(15)16/h3-4,7,13-14H,2,5-6,8H2,1H3,(H,15,16). The quantitative estimate of drug-likeness (QED) is 0.654. The van der Waals surface area contributed by atoms with Crippen LogP contribution in [0.2, 0.25) is 0 Å². The predicted octanol–water partition coefficient (Wildman–Crippen LogP) is 0.794. The summed E-state index contributed by atoms with van der Waals surface area (Å²) in [5, 5.41) is 17.7. The fourth-order valence-electron chi connectivity index (χ4n) is 1.52. The number of aliphatic hydroxyl groups excluding tert-OH is 1. The molecule has 8 heteroatoms. The van der Waals surface area contributed by atoms with E-state index >= 15 is 0 Å². The van der Waals surface area contributed by atoms with E-state index in [9.17, 15) is 18.3 Å². The molecule has 0 heterocycles. The smallest absolute Gasteiger partial charge is 0.304 e. The molecule has 0 aliphatic heterocycles. The van der Waals surface area contributed by atoms with Gasteiger partial charge in [0.25, 0.3) is 0 Å². The average molecular weight is 303 g/mol. The third kappa shape index (κ3) is 5.06. The number of rotatable bonds is 8. The number of benzene rings is 1. The molecule has 1 aromatic rings. The lowest BCUT2D eigenvalue weighted by atomic mass is 10.2. The minimum Gasteiger partial charge on any atom is -0.494 e. The largest absolute Gasteiger partial charge is 0.494 e. The van der Waals surface area contributed by atoms with Crippen LogP contribution in [0.15, 0.2) is 18.2 Å². The second-order valence-corrected chi connectivity index (χ2v) is 5.82. The zero-order valence-corrected chi connectivity index (χ0v) is 11.8. The van der Waals surface area contributed by atoms with Gasteiger partial charge in [-0.1, -0.05) is 0 Å². The van der Waals surface area contributed by atoms with E-state index in [0.29, 0.717) is 17.9 Å². The Labute approximate surface area is 117 Å². The van der Waals surface area contributed by atoms with Gasteiger partial charge in [-0.15, -0.1) is 0 Å². The van der Waals surface area contributed by atoms with Crippen molar-refractivity contribution in [2.24, 2.45) is 0 Å². The molecule has 0 bridgehead atoms. The number of carboxylic acids is 1. The molecule has 1 rings (SSSR count). The van der Waals surface area contributed by atoms with Crippen molar-refractivity contribution in [3.05, 3.63) is 23.8 Å². The van der Waals surface area contributed by atoms with Gasteiger partial charge in [0.2, 0.25) is 10.0 Å². The second-order valence-electron chi connectivity index (χ2n) is 3.98. The van der Waals surface area contributed by atoms with E-state index in [4.69, 9.17) is 9.84 Å². The number of anilines is 1. The maximum atomic E-state index is 11.6. The first-order valence-corrected chi connectivity index (χ1v) is 7.62. The highest BCUT2D eigenvalue weighted by Gasteiger charge is 2.14. The number of carboxylic acid groups (broad SMARTS) is 1. The highest BCUT2D eigenvalue weighted by atomic mass is 32.2.